The minimum atomic E-state index is -1.82. The molecule has 4 N–H and O–H groups in total. The minimum absolute atomic E-state index is 0.211. The summed E-state index contributed by atoms with van der Waals surface area (Å²) >= 11 is 0. The predicted octanol–water partition coefficient (Wildman–Crippen LogP) is 0.516. The number of hydrogen-bond donors (Lipinski definition) is 4. The first-order valence-corrected chi connectivity index (χ1v) is 7.59. The van der Waals surface area contributed by atoms with E-state index in [1.165, 1.54) is 5.56 Å². The van der Waals surface area contributed by atoms with Crippen molar-refractivity contribution in [3.63, 3.8) is 0 Å². The van der Waals surface area contributed by atoms with Gasteiger partial charge in [-0.25, -0.2) is 9.59 Å². The van der Waals surface area contributed by atoms with Crippen LogP contribution in [0.1, 0.15) is 18.4 Å². The molecular weight excluding hydrogens is 318 g/mol. The summed E-state index contributed by atoms with van der Waals surface area (Å²) in [5.41, 5.74) is 1.25. The number of aliphatic carboxylic acids is 2. The molecule has 1 atom stereocenters. The van der Waals surface area contributed by atoms with Gasteiger partial charge in [0, 0.05) is 19.2 Å². The Morgan fingerprint density at radius 3 is 2.62 bits per heavy atom. The van der Waals surface area contributed by atoms with Crippen LogP contribution >= 0.6 is 0 Å². The number of hydrogen-bond acceptors (Lipinski definition) is 6. The maximum absolute atomic E-state index is 9.10. The number of fused-ring (bicyclic) bond motifs is 1. The molecule has 1 heterocycles. The van der Waals surface area contributed by atoms with Crippen molar-refractivity contribution in [3.8, 4) is 11.5 Å². The lowest BCUT2D eigenvalue weighted by Crippen LogP contribution is -2.34. The molecule has 0 aliphatic carbocycles. The molecular formula is C16H23NO7. The van der Waals surface area contributed by atoms with Crippen molar-refractivity contribution >= 4 is 11.9 Å². The molecule has 1 aromatic carbocycles. The highest BCUT2D eigenvalue weighted by Crippen LogP contribution is 2.30. The third kappa shape index (κ3) is 6.84. The van der Waals surface area contributed by atoms with Crippen LogP contribution in [-0.2, 0) is 16.0 Å². The second-order valence-corrected chi connectivity index (χ2v) is 5.14. The summed E-state index contributed by atoms with van der Waals surface area (Å²) in [7, 11) is 1.67. The van der Waals surface area contributed by atoms with E-state index < -0.39 is 11.9 Å². The standard InChI is InChI=1S/C14H21NO3.C2H2O4/c1-17-12-5-3-11-4-6-13(18-14(11)9-12)10-15-7-2-8-16;3-1(4)2(5)6/h3,5,9,13,15-16H,2,4,6-8,10H2,1H3;(H,3,4)(H,5,6). The molecule has 1 aromatic rings. The molecule has 1 unspecified atom stereocenters. The largest absolute Gasteiger partial charge is 0.497 e. The number of rotatable bonds is 6. The fraction of sp³-hybridized carbons (Fsp3) is 0.500. The normalized spacial score (nSPS) is 15.3. The quantitative estimate of drug-likeness (QED) is 0.436. The molecule has 1 aliphatic rings. The smallest absolute Gasteiger partial charge is 0.414 e. The Balaban J connectivity index is 0.000000413. The third-order valence-corrected chi connectivity index (χ3v) is 3.37. The zero-order valence-corrected chi connectivity index (χ0v) is 13.5. The van der Waals surface area contributed by atoms with E-state index in [0.29, 0.717) is 0 Å². The second kappa shape index (κ2) is 10.5. The van der Waals surface area contributed by atoms with E-state index in [2.05, 4.69) is 11.4 Å². The Hall–Kier alpha value is -2.32. The fourth-order valence-electron chi connectivity index (χ4n) is 2.14. The van der Waals surface area contributed by atoms with Crippen LogP contribution in [0.5, 0.6) is 11.5 Å². The Kier molecular flexibility index (Phi) is 8.59. The van der Waals surface area contributed by atoms with E-state index in [-0.39, 0.29) is 12.7 Å². The molecule has 0 saturated carbocycles. The minimum Gasteiger partial charge on any atom is -0.497 e. The first kappa shape index (κ1) is 19.7. The number of aliphatic hydroxyl groups excluding tert-OH is 1. The average Bonchev–Trinajstić information content (AvgIpc) is 2.58. The van der Waals surface area contributed by atoms with Crippen molar-refractivity contribution in [2.45, 2.75) is 25.4 Å². The highest BCUT2D eigenvalue weighted by Gasteiger charge is 2.19. The topological polar surface area (TPSA) is 125 Å². The van der Waals surface area contributed by atoms with Crippen molar-refractivity contribution < 1.29 is 34.4 Å². The van der Waals surface area contributed by atoms with Gasteiger partial charge in [0.2, 0.25) is 0 Å². The number of carboxylic acid groups (broad SMARTS) is 2. The number of carboxylic acids is 2. The molecule has 8 heteroatoms. The van der Waals surface area contributed by atoms with Crippen LogP contribution in [-0.4, -0.2) is 60.2 Å². The van der Waals surface area contributed by atoms with Crippen molar-refractivity contribution in [1.82, 2.24) is 5.32 Å². The lowest BCUT2D eigenvalue weighted by Gasteiger charge is -2.26. The van der Waals surface area contributed by atoms with E-state index in [1.54, 1.807) is 7.11 Å². The first-order valence-electron chi connectivity index (χ1n) is 7.59. The number of benzene rings is 1. The lowest BCUT2D eigenvalue weighted by atomic mass is 10.0. The van der Waals surface area contributed by atoms with Crippen molar-refractivity contribution in [2.24, 2.45) is 0 Å². The van der Waals surface area contributed by atoms with E-state index in [0.717, 1.165) is 43.9 Å². The highest BCUT2D eigenvalue weighted by molar-refractivity contribution is 6.27. The molecule has 0 radical (unpaired) electrons. The molecule has 0 fully saturated rings. The molecule has 0 bridgehead atoms. The number of aliphatic hydroxyl groups is 1. The summed E-state index contributed by atoms with van der Waals surface area (Å²) in [6, 6.07) is 6.00. The molecule has 2 rings (SSSR count). The highest BCUT2D eigenvalue weighted by atomic mass is 16.5. The van der Waals surface area contributed by atoms with Gasteiger partial charge in [-0.2, -0.15) is 0 Å². The van der Waals surface area contributed by atoms with Crippen LogP contribution in [0, 0.1) is 0 Å². The first-order chi connectivity index (χ1) is 11.5. The van der Waals surface area contributed by atoms with E-state index in [9.17, 15) is 0 Å². The van der Waals surface area contributed by atoms with E-state index in [4.69, 9.17) is 34.4 Å². The van der Waals surface area contributed by atoms with Gasteiger partial charge < -0.3 is 30.1 Å². The molecule has 0 saturated heterocycles. The van der Waals surface area contributed by atoms with Gasteiger partial charge >= 0.3 is 11.9 Å². The number of aryl methyl sites for hydroxylation is 1. The Morgan fingerprint density at radius 1 is 1.33 bits per heavy atom. The zero-order chi connectivity index (χ0) is 17.9. The van der Waals surface area contributed by atoms with Gasteiger partial charge in [0.1, 0.15) is 17.6 Å². The lowest BCUT2D eigenvalue weighted by molar-refractivity contribution is -0.159. The summed E-state index contributed by atoms with van der Waals surface area (Å²) in [5.74, 6) is -1.87. The van der Waals surface area contributed by atoms with E-state index in [1.807, 2.05) is 12.1 Å². The van der Waals surface area contributed by atoms with Crippen molar-refractivity contribution in [2.75, 3.05) is 26.8 Å². The van der Waals surface area contributed by atoms with Gasteiger partial charge in [-0.15, -0.1) is 0 Å². The number of nitrogens with one attached hydrogen (secondary N) is 1. The van der Waals surface area contributed by atoms with Gasteiger partial charge in [-0.05, 0) is 37.4 Å². The average molecular weight is 341 g/mol. The molecule has 8 nitrogen and oxygen atoms in total. The van der Waals surface area contributed by atoms with Crippen molar-refractivity contribution in [3.05, 3.63) is 23.8 Å². The monoisotopic (exact) mass is 341 g/mol. The Labute approximate surface area is 140 Å². The van der Waals surface area contributed by atoms with Crippen LogP contribution in [0.4, 0.5) is 0 Å². The summed E-state index contributed by atoms with van der Waals surface area (Å²) in [6.07, 6.45) is 3.08. The predicted molar refractivity (Wildman–Crippen MR) is 85.6 cm³/mol. The summed E-state index contributed by atoms with van der Waals surface area (Å²) in [4.78, 5) is 18.2. The summed E-state index contributed by atoms with van der Waals surface area (Å²) in [5, 5.41) is 26.8. The molecule has 134 valence electrons. The van der Waals surface area contributed by atoms with Gasteiger partial charge in [0.25, 0.3) is 0 Å². The SMILES string of the molecule is COc1ccc2c(c1)OC(CNCCCO)CC2.O=C(O)C(=O)O. The van der Waals surface area contributed by atoms with Gasteiger partial charge in [-0.3, -0.25) is 0 Å². The van der Waals surface area contributed by atoms with Gasteiger partial charge in [0.15, 0.2) is 0 Å². The summed E-state index contributed by atoms with van der Waals surface area (Å²) in [6.45, 7) is 1.90. The molecule has 1 aliphatic heterocycles. The fourth-order valence-corrected chi connectivity index (χ4v) is 2.14. The third-order valence-electron chi connectivity index (χ3n) is 3.37. The maximum Gasteiger partial charge on any atom is 0.414 e. The zero-order valence-electron chi connectivity index (χ0n) is 13.5. The Bertz CT molecular complexity index is 535. The van der Waals surface area contributed by atoms with Crippen molar-refractivity contribution in [1.29, 1.82) is 0 Å². The summed E-state index contributed by atoms with van der Waals surface area (Å²) < 4.78 is 11.2. The van der Waals surface area contributed by atoms with Gasteiger partial charge in [-0.1, -0.05) is 6.07 Å². The molecule has 0 spiro atoms. The van der Waals surface area contributed by atoms with Crippen LogP contribution in [0.2, 0.25) is 0 Å². The van der Waals surface area contributed by atoms with Gasteiger partial charge in [0.05, 0.1) is 7.11 Å². The second-order valence-electron chi connectivity index (χ2n) is 5.14. The number of ether oxygens (including phenoxy) is 2. The molecule has 0 aromatic heterocycles. The molecule has 0 amide bonds. The Morgan fingerprint density at radius 2 is 2.04 bits per heavy atom. The van der Waals surface area contributed by atoms with E-state index >= 15 is 0 Å². The number of methoxy groups -OCH3 is 1. The number of carbonyl (C=O) groups is 2. The molecule has 24 heavy (non-hydrogen) atoms. The van der Waals surface area contributed by atoms with Crippen LogP contribution in [0.3, 0.4) is 0 Å². The van der Waals surface area contributed by atoms with Crippen LogP contribution in [0.25, 0.3) is 0 Å². The maximum atomic E-state index is 9.10. The van der Waals surface area contributed by atoms with Crippen LogP contribution < -0.4 is 14.8 Å². The van der Waals surface area contributed by atoms with Crippen LogP contribution in [0.15, 0.2) is 18.2 Å².